The smallest absolute Gasteiger partial charge is 0.338 e. The first kappa shape index (κ1) is 20.7. The van der Waals surface area contributed by atoms with Gasteiger partial charge in [-0.05, 0) is 68.5 Å². The van der Waals surface area contributed by atoms with Gasteiger partial charge in [-0.1, -0.05) is 11.6 Å². The molecule has 0 spiro atoms. The molecule has 0 saturated heterocycles. The van der Waals surface area contributed by atoms with Gasteiger partial charge in [0.25, 0.3) is 0 Å². The van der Waals surface area contributed by atoms with Crippen LogP contribution < -0.4 is 10.6 Å². The largest absolute Gasteiger partial charge is 0.462 e. The van der Waals surface area contributed by atoms with E-state index in [4.69, 9.17) is 33.3 Å². The number of esters is 2. The molecule has 0 aliphatic rings. The fourth-order valence-electron chi connectivity index (χ4n) is 2.19. The Kier molecular flexibility index (Phi) is 7.57. The summed E-state index contributed by atoms with van der Waals surface area (Å²) in [4.78, 5) is 24.2. The monoisotopic (exact) mass is 406 g/mol. The first-order valence-electron chi connectivity index (χ1n) is 8.25. The molecule has 6 nitrogen and oxygen atoms in total. The van der Waals surface area contributed by atoms with E-state index in [0.29, 0.717) is 10.7 Å². The van der Waals surface area contributed by atoms with Crippen molar-refractivity contribution in [3.63, 3.8) is 0 Å². The van der Waals surface area contributed by atoms with Crippen LogP contribution in [0.4, 0.5) is 11.4 Å². The van der Waals surface area contributed by atoms with E-state index in [1.807, 2.05) is 0 Å². The molecule has 0 amide bonds. The number of halogens is 1. The minimum Gasteiger partial charge on any atom is -0.462 e. The third-order valence-electron chi connectivity index (χ3n) is 3.32. The lowest BCUT2D eigenvalue weighted by molar-refractivity contribution is 0.0525. The SMILES string of the molecule is CCOC(=O)c1cc(NC(=S)Nc2ccc(Cl)cc2)cc(C(=O)OCC)c1. The van der Waals surface area contributed by atoms with Crippen LogP contribution in [0.15, 0.2) is 42.5 Å². The second-order valence-corrected chi connectivity index (χ2v) is 6.17. The molecular formula is C19H19ClN2O4S. The Bertz CT molecular complexity index is 804. The number of nitrogens with one attached hydrogen (secondary N) is 2. The maximum Gasteiger partial charge on any atom is 0.338 e. The average molecular weight is 407 g/mol. The number of rotatable bonds is 6. The van der Waals surface area contributed by atoms with Crippen molar-refractivity contribution in [1.82, 2.24) is 0 Å². The Balaban J connectivity index is 2.22. The molecule has 2 rings (SSSR count). The number of anilines is 2. The lowest BCUT2D eigenvalue weighted by Gasteiger charge is -2.13. The van der Waals surface area contributed by atoms with E-state index in [-0.39, 0.29) is 29.5 Å². The van der Waals surface area contributed by atoms with E-state index in [1.165, 1.54) is 6.07 Å². The Morgan fingerprint density at radius 1 is 0.889 bits per heavy atom. The molecule has 8 heteroatoms. The number of ether oxygens (including phenoxy) is 2. The van der Waals surface area contributed by atoms with Gasteiger partial charge in [0, 0.05) is 16.4 Å². The van der Waals surface area contributed by atoms with Gasteiger partial charge in [-0.2, -0.15) is 0 Å². The average Bonchev–Trinajstić information content (AvgIpc) is 2.63. The van der Waals surface area contributed by atoms with Crippen LogP contribution in [0.1, 0.15) is 34.6 Å². The van der Waals surface area contributed by atoms with Gasteiger partial charge in [-0.15, -0.1) is 0 Å². The van der Waals surface area contributed by atoms with Crippen molar-refractivity contribution in [1.29, 1.82) is 0 Å². The van der Waals surface area contributed by atoms with E-state index < -0.39 is 11.9 Å². The summed E-state index contributed by atoms with van der Waals surface area (Å²) in [6, 6.07) is 11.5. The van der Waals surface area contributed by atoms with Gasteiger partial charge in [0.15, 0.2) is 5.11 Å². The summed E-state index contributed by atoms with van der Waals surface area (Å²) in [5.41, 5.74) is 1.64. The Morgan fingerprint density at radius 3 is 1.85 bits per heavy atom. The quantitative estimate of drug-likeness (QED) is 0.540. The van der Waals surface area contributed by atoms with Crippen LogP contribution in [-0.2, 0) is 9.47 Å². The number of benzene rings is 2. The second kappa shape index (κ2) is 9.89. The molecule has 0 radical (unpaired) electrons. The normalized spacial score (nSPS) is 10.0. The standard InChI is InChI=1S/C19H19ClN2O4S/c1-3-25-17(23)12-9-13(18(24)26-4-2)11-16(10-12)22-19(27)21-15-7-5-14(20)6-8-15/h5-11H,3-4H2,1-2H3,(H2,21,22,27). The van der Waals surface area contributed by atoms with Gasteiger partial charge < -0.3 is 20.1 Å². The highest BCUT2D eigenvalue weighted by atomic mass is 35.5. The summed E-state index contributed by atoms with van der Waals surface area (Å²) in [5.74, 6) is -1.08. The number of hydrogen-bond acceptors (Lipinski definition) is 5. The highest BCUT2D eigenvalue weighted by Crippen LogP contribution is 2.19. The molecule has 142 valence electrons. The van der Waals surface area contributed by atoms with Crippen LogP contribution in [0.25, 0.3) is 0 Å². The number of carbonyl (C=O) groups is 2. The Hall–Kier alpha value is -2.64. The lowest BCUT2D eigenvalue weighted by Crippen LogP contribution is -2.20. The number of hydrogen-bond donors (Lipinski definition) is 2. The molecule has 27 heavy (non-hydrogen) atoms. The van der Waals surface area contributed by atoms with E-state index >= 15 is 0 Å². The van der Waals surface area contributed by atoms with Crippen molar-refractivity contribution < 1.29 is 19.1 Å². The molecule has 2 aromatic carbocycles. The molecule has 0 fully saturated rings. The highest BCUT2D eigenvalue weighted by molar-refractivity contribution is 7.80. The molecular weight excluding hydrogens is 388 g/mol. The Labute approximate surface area is 167 Å². The third kappa shape index (κ3) is 6.23. The Morgan fingerprint density at radius 2 is 1.37 bits per heavy atom. The fourth-order valence-corrected chi connectivity index (χ4v) is 2.55. The molecule has 0 unspecified atom stereocenters. The zero-order valence-electron chi connectivity index (χ0n) is 14.9. The molecule has 2 aromatic rings. The summed E-state index contributed by atoms with van der Waals surface area (Å²) in [7, 11) is 0. The van der Waals surface area contributed by atoms with E-state index in [2.05, 4.69) is 10.6 Å². The summed E-state index contributed by atoms with van der Waals surface area (Å²) in [5, 5.41) is 6.84. The maximum atomic E-state index is 12.1. The predicted octanol–water partition coefficient (Wildman–Crippen LogP) is 4.50. The topological polar surface area (TPSA) is 76.7 Å². The van der Waals surface area contributed by atoms with E-state index in [0.717, 1.165) is 5.69 Å². The van der Waals surface area contributed by atoms with Crippen LogP contribution >= 0.6 is 23.8 Å². The molecule has 0 aromatic heterocycles. The van der Waals surface area contributed by atoms with Crippen LogP contribution in [-0.4, -0.2) is 30.3 Å². The van der Waals surface area contributed by atoms with Gasteiger partial charge in [0.2, 0.25) is 0 Å². The van der Waals surface area contributed by atoms with Crippen molar-refractivity contribution >= 4 is 52.2 Å². The van der Waals surface area contributed by atoms with Crippen LogP contribution in [0.5, 0.6) is 0 Å². The van der Waals surface area contributed by atoms with E-state index in [9.17, 15) is 9.59 Å². The van der Waals surface area contributed by atoms with Crippen LogP contribution in [0.3, 0.4) is 0 Å². The number of carbonyl (C=O) groups excluding carboxylic acids is 2. The first-order chi connectivity index (χ1) is 12.9. The van der Waals surface area contributed by atoms with Gasteiger partial charge in [0.1, 0.15) is 0 Å². The predicted molar refractivity (Wildman–Crippen MR) is 110 cm³/mol. The maximum absolute atomic E-state index is 12.1. The van der Waals surface area contributed by atoms with Crippen LogP contribution in [0.2, 0.25) is 5.02 Å². The molecule has 0 aliphatic heterocycles. The highest BCUT2D eigenvalue weighted by Gasteiger charge is 2.15. The van der Waals surface area contributed by atoms with Crippen molar-refractivity contribution in [3.05, 3.63) is 58.6 Å². The molecule has 0 atom stereocenters. The third-order valence-corrected chi connectivity index (χ3v) is 3.77. The summed E-state index contributed by atoms with van der Waals surface area (Å²) >= 11 is 11.1. The number of thiocarbonyl (C=S) groups is 1. The van der Waals surface area contributed by atoms with Gasteiger partial charge in [-0.25, -0.2) is 9.59 Å². The summed E-state index contributed by atoms with van der Waals surface area (Å²) < 4.78 is 10.0. The molecule has 0 saturated carbocycles. The van der Waals surface area contributed by atoms with Gasteiger partial charge >= 0.3 is 11.9 Å². The molecule has 2 N–H and O–H groups in total. The van der Waals surface area contributed by atoms with Crippen molar-refractivity contribution in [3.8, 4) is 0 Å². The zero-order chi connectivity index (χ0) is 19.8. The molecule has 0 aliphatic carbocycles. The van der Waals surface area contributed by atoms with Crippen molar-refractivity contribution in [2.45, 2.75) is 13.8 Å². The minimum absolute atomic E-state index is 0.221. The lowest BCUT2D eigenvalue weighted by atomic mass is 10.1. The minimum atomic E-state index is -0.539. The molecule has 0 bridgehead atoms. The first-order valence-corrected chi connectivity index (χ1v) is 9.04. The van der Waals surface area contributed by atoms with Crippen LogP contribution in [0, 0.1) is 0 Å². The van der Waals surface area contributed by atoms with E-state index in [1.54, 1.807) is 50.2 Å². The van der Waals surface area contributed by atoms with Crippen molar-refractivity contribution in [2.75, 3.05) is 23.8 Å². The van der Waals surface area contributed by atoms with Gasteiger partial charge in [-0.3, -0.25) is 0 Å². The molecule has 0 heterocycles. The zero-order valence-corrected chi connectivity index (χ0v) is 16.4. The summed E-state index contributed by atoms with van der Waals surface area (Å²) in [6.07, 6.45) is 0. The van der Waals surface area contributed by atoms with Gasteiger partial charge in [0.05, 0.1) is 24.3 Å². The second-order valence-electron chi connectivity index (χ2n) is 5.33. The fraction of sp³-hybridized carbons (Fsp3) is 0.211. The van der Waals surface area contributed by atoms with Crippen molar-refractivity contribution in [2.24, 2.45) is 0 Å². The summed E-state index contributed by atoms with van der Waals surface area (Å²) in [6.45, 7) is 3.86.